The Morgan fingerprint density at radius 2 is 1.79 bits per heavy atom. The second-order valence-electron chi connectivity index (χ2n) is 7.28. The van der Waals surface area contributed by atoms with E-state index in [1.807, 2.05) is 30.0 Å². The summed E-state index contributed by atoms with van der Waals surface area (Å²) in [7, 11) is 0. The molecule has 0 spiro atoms. The van der Waals surface area contributed by atoms with Gasteiger partial charge in [0.2, 0.25) is 11.8 Å². The molecule has 2 aliphatic rings. The minimum Gasteiger partial charge on any atom is -0.353 e. The SMILES string of the molecule is CC[C@H](C)NC(=O)[C@@H]1CC[C@H](c2ccccc2)N(C(=O)C2CC2)C1. The van der Waals surface area contributed by atoms with Gasteiger partial charge in [-0.3, -0.25) is 9.59 Å². The molecule has 0 radical (unpaired) electrons. The largest absolute Gasteiger partial charge is 0.353 e. The van der Waals surface area contributed by atoms with Crippen molar-refractivity contribution in [3.05, 3.63) is 35.9 Å². The molecule has 0 bridgehead atoms. The van der Waals surface area contributed by atoms with E-state index >= 15 is 0 Å². The number of nitrogens with one attached hydrogen (secondary N) is 1. The lowest BCUT2D eigenvalue weighted by Gasteiger charge is -2.40. The molecule has 4 nitrogen and oxygen atoms in total. The van der Waals surface area contributed by atoms with Gasteiger partial charge in [-0.05, 0) is 44.6 Å². The summed E-state index contributed by atoms with van der Waals surface area (Å²) in [6.07, 6.45) is 4.63. The summed E-state index contributed by atoms with van der Waals surface area (Å²) in [4.78, 5) is 27.3. The number of benzene rings is 1. The highest BCUT2D eigenvalue weighted by molar-refractivity contribution is 5.84. The molecule has 1 aliphatic carbocycles. The third-order valence-electron chi connectivity index (χ3n) is 5.35. The molecule has 4 heteroatoms. The first-order chi connectivity index (χ1) is 11.6. The quantitative estimate of drug-likeness (QED) is 0.901. The summed E-state index contributed by atoms with van der Waals surface area (Å²) in [5.41, 5.74) is 1.19. The topological polar surface area (TPSA) is 49.4 Å². The molecule has 2 amide bonds. The van der Waals surface area contributed by atoms with Gasteiger partial charge in [0.25, 0.3) is 0 Å². The predicted octanol–water partition coefficient (Wildman–Crippen LogP) is 3.29. The van der Waals surface area contributed by atoms with E-state index in [1.165, 1.54) is 5.56 Å². The van der Waals surface area contributed by atoms with Crippen molar-refractivity contribution >= 4 is 11.8 Å². The molecule has 3 atom stereocenters. The molecule has 0 unspecified atom stereocenters. The van der Waals surface area contributed by atoms with Gasteiger partial charge in [0, 0.05) is 18.5 Å². The second-order valence-corrected chi connectivity index (χ2v) is 7.28. The zero-order valence-corrected chi connectivity index (χ0v) is 14.7. The van der Waals surface area contributed by atoms with Crippen LogP contribution in [0.5, 0.6) is 0 Å². The number of hydrogen-bond acceptors (Lipinski definition) is 2. The first-order valence-electron chi connectivity index (χ1n) is 9.26. The molecule has 1 heterocycles. The van der Waals surface area contributed by atoms with Gasteiger partial charge in [0.15, 0.2) is 0 Å². The number of carbonyl (C=O) groups excluding carboxylic acids is 2. The average molecular weight is 328 g/mol. The summed E-state index contributed by atoms with van der Waals surface area (Å²) < 4.78 is 0. The van der Waals surface area contributed by atoms with E-state index in [4.69, 9.17) is 0 Å². The van der Waals surface area contributed by atoms with Crippen LogP contribution < -0.4 is 5.32 Å². The third-order valence-corrected chi connectivity index (χ3v) is 5.35. The smallest absolute Gasteiger partial charge is 0.226 e. The van der Waals surface area contributed by atoms with Crippen LogP contribution >= 0.6 is 0 Å². The highest BCUT2D eigenvalue weighted by Gasteiger charge is 2.41. The third kappa shape index (κ3) is 3.80. The maximum Gasteiger partial charge on any atom is 0.226 e. The maximum atomic E-state index is 12.8. The first kappa shape index (κ1) is 17.0. The van der Waals surface area contributed by atoms with E-state index in [1.54, 1.807) is 0 Å². The molecule has 1 aliphatic heterocycles. The van der Waals surface area contributed by atoms with Crippen molar-refractivity contribution in [2.45, 2.75) is 58.0 Å². The molecule has 1 aromatic carbocycles. The normalized spacial score (nSPS) is 25.2. The molecular formula is C20H28N2O2. The predicted molar refractivity (Wildman–Crippen MR) is 94.2 cm³/mol. The van der Waals surface area contributed by atoms with Crippen molar-refractivity contribution in [3.8, 4) is 0 Å². The Morgan fingerprint density at radius 1 is 1.12 bits per heavy atom. The monoisotopic (exact) mass is 328 g/mol. The minimum absolute atomic E-state index is 0.0818. The maximum absolute atomic E-state index is 12.8. The van der Waals surface area contributed by atoms with Crippen molar-refractivity contribution in [1.29, 1.82) is 0 Å². The van der Waals surface area contributed by atoms with Crippen molar-refractivity contribution < 1.29 is 9.59 Å². The van der Waals surface area contributed by atoms with E-state index in [-0.39, 0.29) is 35.7 Å². The number of piperidine rings is 1. The van der Waals surface area contributed by atoms with E-state index in [0.717, 1.165) is 32.1 Å². The molecule has 24 heavy (non-hydrogen) atoms. The summed E-state index contributed by atoms with van der Waals surface area (Å²) >= 11 is 0. The van der Waals surface area contributed by atoms with Crippen LogP contribution in [-0.4, -0.2) is 29.3 Å². The Hall–Kier alpha value is -1.84. The molecule has 3 rings (SSSR count). The van der Waals surface area contributed by atoms with E-state index in [0.29, 0.717) is 6.54 Å². The Bertz CT molecular complexity index is 583. The first-order valence-corrected chi connectivity index (χ1v) is 9.26. The van der Waals surface area contributed by atoms with Gasteiger partial charge in [0.05, 0.1) is 12.0 Å². The van der Waals surface area contributed by atoms with E-state index in [9.17, 15) is 9.59 Å². The van der Waals surface area contributed by atoms with Gasteiger partial charge >= 0.3 is 0 Å². The fourth-order valence-corrected chi connectivity index (χ4v) is 3.48. The van der Waals surface area contributed by atoms with E-state index in [2.05, 4.69) is 24.4 Å². The Labute approximate surface area is 144 Å². The molecule has 1 N–H and O–H groups in total. The Kier molecular flexibility index (Phi) is 5.22. The molecule has 0 aromatic heterocycles. The highest BCUT2D eigenvalue weighted by atomic mass is 16.2. The highest BCUT2D eigenvalue weighted by Crippen LogP contribution is 2.39. The number of likely N-dealkylation sites (tertiary alicyclic amines) is 1. The van der Waals surface area contributed by atoms with E-state index < -0.39 is 0 Å². The number of amides is 2. The van der Waals surface area contributed by atoms with Crippen molar-refractivity contribution in [2.75, 3.05) is 6.54 Å². The van der Waals surface area contributed by atoms with Gasteiger partial charge < -0.3 is 10.2 Å². The molecule has 1 saturated carbocycles. The zero-order valence-electron chi connectivity index (χ0n) is 14.7. The summed E-state index contributed by atoms with van der Waals surface area (Å²) in [6, 6.07) is 10.5. The second kappa shape index (κ2) is 7.37. The van der Waals surface area contributed by atoms with Crippen molar-refractivity contribution in [2.24, 2.45) is 11.8 Å². The van der Waals surface area contributed by atoms with Crippen LogP contribution in [0, 0.1) is 11.8 Å². The van der Waals surface area contributed by atoms with Crippen LogP contribution in [-0.2, 0) is 9.59 Å². The van der Waals surface area contributed by atoms with Crippen LogP contribution in [0.4, 0.5) is 0 Å². The fourth-order valence-electron chi connectivity index (χ4n) is 3.48. The number of hydrogen-bond donors (Lipinski definition) is 1. The Morgan fingerprint density at radius 3 is 2.42 bits per heavy atom. The lowest BCUT2D eigenvalue weighted by molar-refractivity contribution is -0.140. The van der Waals surface area contributed by atoms with Crippen molar-refractivity contribution in [3.63, 3.8) is 0 Å². The van der Waals surface area contributed by atoms with Crippen LogP contribution in [0.2, 0.25) is 0 Å². The van der Waals surface area contributed by atoms with Gasteiger partial charge in [-0.1, -0.05) is 37.3 Å². The standard InChI is InChI=1S/C20H28N2O2/c1-3-14(2)21-19(23)17-11-12-18(15-7-5-4-6-8-15)22(13-17)20(24)16-9-10-16/h4-8,14,16-18H,3,9-13H2,1-2H3,(H,21,23)/t14-,17+,18+/m0/s1. The molecular weight excluding hydrogens is 300 g/mol. The molecule has 2 fully saturated rings. The minimum atomic E-state index is -0.0818. The van der Waals surface area contributed by atoms with Gasteiger partial charge in [0.1, 0.15) is 0 Å². The van der Waals surface area contributed by atoms with Crippen LogP contribution in [0.25, 0.3) is 0 Å². The summed E-state index contributed by atoms with van der Waals surface area (Å²) in [5, 5.41) is 3.08. The van der Waals surface area contributed by atoms with Crippen molar-refractivity contribution in [1.82, 2.24) is 10.2 Å². The summed E-state index contributed by atoms with van der Waals surface area (Å²) in [5.74, 6) is 0.448. The van der Waals surface area contributed by atoms with Crippen LogP contribution in [0.3, 0.4) is 0 Å². The van der Waals surface area contributed by atoms with Gasteiger partial charge in [-0.2, -0.15) is 0 Å². The molecule has 130 valence electrons. The number of rotatable bonds is 5. The summed E-state index contributed by atoms with van der Waals surface area (Å²) in [6.45, 7) is 4.65. The lowest BCUT2D eigenvalue weighted by Crippen LogP contribution is -2.48. The molecule has 1 aromatic rings. The number of carbonyl (C=O) groups is 2. The molecule has 1 saturated heterocycles. The Balaban J connectivity index is 1.74. The average Bonchev–Trinajstić information content (AvgIpc) is 3.46. The zero-order chi connectivity index (χ0) is 17.1. The van der Waals surface area contributed by atoms with Crippen LogP contribution in [0.15, 0.2) is 30.3 Å². The fraction of sp³-hybridized carbons (Fsp3) is 0.600. The van der Waals surface area contributed by atoms with Gasteiger partial charge in [-0.15, -0.1) is 0 Å². The van der Waals surface area contributed by atoms with Gasteiger partial charge in [-0.25, -0.2) is 0 Å². The van der Waals surface area contributed by atoms with Crippen LogP contribution in [0.1, 0.15) is 57.6 Å². The lowest BCUT2D eigenvalue weighted by atomic mass is 9.88. The number of nitrogens with zero attached hydrogens (tertiary/aromatic N) is 1.